The number of hydrogen-bond acceptors (Lipinski definition) is 4. The van der Waals surface area contributed by atoms with Crippen LogP contribution in [-0.2, 0) is 11.2 Å². The Morgan fingerprint density at radius 2 is 2.16 bits per heavy atom. The lowest BCUT2D eigenvalue weighted by atomic mass is 10.1. The molecule has 2 N–H and O–H groups in total. The van der Waals surface area contributed by atoms with Crippen LogP contribution < -0.4 is 15.5 Å². The molecule has 0 radical (unpaired) electrons. The van der Waals surface area contributed by atoms with Gasteiger partial charge in [-0.2, -0.15) is 11.3 Å². The SMILES string of the molecule is CC(Cc1ccsc1)NC(=O)Nc1cc(N2CCOCC2)ccc1Cl. The average Bonchev–Trinajstić information content (AvgIpc) is 3.10. The molecule has 1 saturated heterocycles. The number of halogens is 1. The highest BCUT2D eigenvalue weighted by atomic mass is 35.5. The van der Waals surface area contributed by atoms with Crippen LogP contribution in [-0.4, -0.2) is 38.4 Å². The Kier molecular flexibility index (Phi) is 6.18. The van der Waals surface area contributed by atoms with Gasteiger partial charge >= 0.3 is 6.03 Å². The highest BCUT2D eigenvalue weighted by Gasteiger charge is 2.15. The molecular formula is C18H22ClN3O2S. The van der Waals surface area contributed by atoms with Crippen molar-refractivity contribution in [3.05, 3.63) is 45.6 Å². The Balaban J connectivity index is 1.60. The van der Waals surface area contributed by atoms with Gasteiger partial charge in [0.2, 0.25) is 0 Å². The summed E-state index contributed by atoms with van der Waals surface area (Å²) in [6, 6.07) is 7.56. The third kappa shape index (κ3) is 5.11. The average molecular weight is 380 g/mol. The number of carbonyl (C=O) groups excluding carboxylic acids is 1. The van der Waals surface area contributed by atoms with Crippen molar-refractivity contribution >= 4 is 40.3 Å². The second-order valence-electron chi connectivity index (χ2n) is 6.10. The molecular weight excluding hydrogens is 358 g/mol. The van der Waals surface area contributed by atoms with E-state index in [9.17, 15) is 4.79 Å². The lowest BCUT2D eigenvalue weighted by molar-refractivity contribution is 0.122. The maximum Gasteiger partial charge on any atom is 0.319 e. The summed E-state index contributed by atoms with van der Waals surface area (Å²) in [5.74, 6) is 0. The van der Waals surface area contributed by atoms with Gasteiger partial charge in [0.25, 0.3) is 0 Å². The first kappa shape index (κ1) is 18.0. The predicted molar refractivity (Wildman–Crippen MR) is 104 cm³/mol. The van der Waals surface area contributed by atoms with Crippen LogP contribution in [0, 0.1) is 0 Å². The largest absolute Gasteiger partial charge is 0.378 e. The van der Waals surface area contributed by atoms with Crippen LogP contribution in [0.2, 0.25) is 5.02 Å². The third-order valence-corrected chi connectivity index (χ3v) is 5.14. The van der Waals surface area contributed by atoms with Gasteiger partial charge in [0, 0.05) is 24.8 Å². The molecule has 3 rings (SSSR count). The minimum absolute atomic E-state index is 0.0378. The lowest BCUT2D eigenvalue weighted by Gasteiger charge is -2.29. The summed E-state index contributed by atoms with van der Waals surface area (Å²) >= 11 is 7.91. The fourth-order valence-corrected chi connectivity index (χ4v) is 3.67. The number of anilines is 2. The number of morpholine rings is 1. The fraction of sp³-hybridized carbons (Fsp3) is 0.389. The molecule has 2 amide bonds. The van der Waals surface area contributed by atoms with E-state index >= 15 is 0 Å². The molecule has 0 spiro atoms. The van der Waals surface area contributed by atoms with Gasteiger partial charge in [-0.05, 0) is 53.9 Å². The van der Waals surface area contributed by atoms with Crippen molar-refractivity contribution in [3.63, 3.8) is 0 Å². The maximum absolute atomic E-state index is 12.3. The van der Waals surface area contributed by atoms with Gasteiger partial charge in [-0.15, -0.1) is 0 Å². The molecule has 1 aliphatic heterocycles. The molecule has 25 heavy (non-hydrogen) atoms. The molecule has 0 bridgehead atoms. The first-order valence-electron chi connectivity index (χ1n) is 8.32. The Hall–Kier alpha value is -1.76. The zero-order valence-corrected chi connectivity index (χ0v) is 15.7. The molecule has 2 aromatic rings. The van der Waals surface area contributed by atoms with Gasteiger partial charge in [-0.1, -0.05) is 11.6 Å². The third-order valence-electron chi connectivity index (χ3n) is 4.07. The maximum atomic E-state index is 12.3. The summed E-state index contributed by atoms with van der Waals surface area (Å²) < 4.78 is 5.38. The van der Waals surface area contributed by atoms with Crippen molar-refractivity contribution in [2.75, 3.05) is 36.5 Å². The van der Waals surface area contributed by atoms with Gasteiger partial charge in [0.05, 0.1) is 23.9 Å². The van der Waals surface area contributed by atoms with Gasteiger partial charge in [0.15, 0.2) is 0 Å². The van der Waals surface area contributed by atoms with E-state index in [0.29, 0.717) is 23.9 Å². The number of benzene rings is 1. The minimum atomic E-state index is -0.247. The van der Waals surface area contributed by atoms with Crippen molar-refractivity contribution < 1.29 is 9.53 Å². The number of carbonyl (C=O) groups is 1. The monoisotopic (exact) mass is 379 g/mol. The van der Waals surface area contributed by atoms with Crippen LogP contribution in [0.3, 0.4) is 0 Å². The van der Waals surface area contributed by atoms with E-state index in [-0.39, 0.29) is 12.1 Å². The Morgan fingerprint density at radius 1 is 1.36 bits per heavy atom. The number of thiophene rings is 1. The van der Waals surface area contributed by atoms with E-state index in [4.69, 9.17) is 16.3 Å². The molecule has 5 nitrogen and oxygen atoms in total. The van der Waals surface area contributed by atoms with Crippen molar-refractivity contribution in [1.82, 2.24) is 5.32 Å². The molecule has 1 aromatic heterocycles. The number of rotatable bonds is 5. The van der Waals surface area contributed by atoms with Crippen LogP contribution in [0.1, 0.15) is 12.5 Å². The smallest absolute Gasteiger partial charge is 0.319 e. The Bertz CT molecular complexity index is 702. The summed E-state index contributed by atoms with van der Waals surface area (Å²) in [5, 5.41) is 10.5. The molecule has 2 heterocycles. The van der Waals surface area contributed by atoms with E-state index < -0.39 is 0 Å². The molecule has 134 valence electrons. The van der Waals surface area contributed by atoms with E-state index in [1.807, 2.05) is 30.5 Å². The molecule has 1 aromatic carbocycles. The molecule has 7 heteroatoms. The van der Waals surface area contributed by atoms with Crippen LogP contribution >= 0.6 is 22.9 Å². The van der Waals surface area contributed by atoms with E-state index in [2.05, 4.69) is 27.0 Å². The van der Waals surface area contributed by atoms with Crippen LogP contribution in [0.15, 0.2) is 35.0 Å². The van der Waals surface area contributed by atoms with Crippen molar-refractivity contribution in [1.29, 1.82) is 0 Å². The molecule has 1 aliphatic rings. The summed E-state index contributed by atoms with van der Waals surface area (Å²) in [7, 11) is 0. The zero-order chi connectivity index (χ0) is 17.6. The Morgan fingerprint density at radius 3 is 2.88 bits per heavy atom. The number of ether oxygens (including phenoxy) is 1. The molecule has 1 fully saturated rings. The number of urea groups is 1. The second-order valence-corrected chi connectivity index (χ2v) is 7.29. The highest BCUT2D eigenvalue weighted by Crippen LogP contribution is 2.28. The minimum Gasteiger partial charge on any atom is -0.378 e. The van der Waals surface area contributed by atoms with Crippen LogP contribution in [0.5, 0.6) is 0 Å². The molecule has 1 unspecified atom stereocenters. The topological polar surface area (TPSA) is 53.6 Å². The van der Waals surface area contributed by atoms with Gasteiger partial charge in [0.1, 0.15) is 0 Å². The highest BCUT2D eigenvalue weighted by molar-refractivity contribution is 7.07. The summed E-state index contributed by atoms with van der Waals surface area (Å²) in [4.78, 5) is 14.5. The van der Waals surface area contributed by atoms with Crippen molar-refractivity contribution in [3.8, 4) is 0 Å². The summed E-state index contributed by atoms with van der Waals surface area (Å²) in [6.45, 7) is 5.09. The number of amides is 2. The predicted octanol–water partition coefficient (Wildman–Crippen LogP) is 3.99. The molecule has 0 saturated carbocycles. The van der Waals surface area contributed by atoms with E-state index in [1.165, 1.54) is 5.56 Å². The number of nitrogens with one attached hydrogen (secondary N) is 2. The summed E-state index contributed by atoms with van der Waals surface area (Å²) in [6.07, 6.45) is 0.804. The first-order valence-corrected chi connectivity index (χ1v) is 9.65. The van der Waals surface area contributed by atoms with E-state index in [1.54, 1.807) is 11.3 Å². The standard InChI is InChI=1S/C18H22ClN3O2S/c1-13(10-14-4-9-25-12-14)20-18(23)21-17-11-15(2-3-16(17)19)22-5-7-24-8-6-22/h2-4,9,11-13H,5-8,10H2,1H3,(H2,20,21,23). The molecule has 0 aliphatic carbocycles. The second kappa shape index (κ2) is 8.56. The van der Waals surface area contributed by atoms with E-state index in [0.717, 1.165) is 25.2 Å². The first-order chi connectivity index (χ1) is 12.1. The lowest BCUT2D eigenvalue weighted by Crippen LogP contribution is -2.37. The van der Waals surface area contributed by atoms with Crippen LogP contribution in [0.4, 0.5) is 16.2 Å². The number of nitrogens with zero attached hydrogens (tertiary/aromatic N) is 1. The van der Waals surface area contributed by atoms with Crippen molar-refractivity contribution in [2.45, 2.75) is 19.4 Å². The van der Waals surface area contributed by atoms with Gasteiger partial charge in [-0.3, -0.25) is 0 Å². The van der Waals surface area contributed by atoms with Crippen LogP contribution in [0.25, 0.3) is 0 Å². The fourth-order valence-electron chi connectivity index (χ4n) is 2.82. The molecule has 1 atom stereocenters. The Labute approximate surface area is 156 Å². The van der Waals surface area contributed by atoms with Gasteiger partial charge < -0.3 is 20.3 Å². The quantitative estimate of drug-likeness (QED) is 0.825. The normalized spacial score (nSPS) is 15.7. The zero-order valence-electron chi connectivity index (χ0n) is 14.1. The van der Waals surface area contributed by atoms with Crippen molar-refractivity contribution in [2.24, 2.45) is 0 Å². The summed E-state index contributed by atoms with van der Waals surface area (Å²) in [5.41, 5.74) is 2.88. The number of hydrogen-bond donors (Lipinski definition) is 2. The van der Waals surface area contributed by atoms with Gasteiger partial charge in [-0.25, -0.2) is 4.79 Å².